The standard InChI is InChI=1S/C17H15NO5/c1-22-16(20)12-6-5-7-13(10-12)17(21)23-11-15(19)18-14-8-3-2-4-9-14/h2-10H,11H2,1H3,(H,18,19). The molecular weight excluding hydrogens is 298 g/mol. The van der Waals surface area contributed by atoms with E-state index in [1.165, 1.54) is 31.4 Å². The second kappa shape index (κ2) is 7.74. The average Bonchev–Trinajstić information content (AvgIpc) is 2.60. The molecule has 0 bridgehead atoms. The summed E-state index contributed by atoms with van der Waals surface area (Å²) in [4.78, 5) is 35.0. The zero-order valence-corrected chi connectivity index (χ0v) is 12.4. The summed E-state index contributed by atoms with van der Waals surface area (Å²) in [5.74, 6) is -1.70. The molecule has 0 unspecified atom stereocenters. The number of esters is 2. The summed E-state index contributed by atoms with van der Waals surface area (Å²) in [6.45, 7) is -0.420. The van der Waals surface area contributed by atoms with E-state index in [9.17, 15) is 14.4 Å². The van der Waals surface area contributed by atoms with E-state index in [4.69, 9.17) is 4.74 Å². The van der Waals surface area contributed by atoms with Crippen molar-refractivity contribution in [1.29, 1.82) is 0 Å². The molecule has 0 aliphatic rings. The van der Waals surface area contributed by atoms with Gasteiger partial charge in [-0.25, -0.2) is 9.59 Å². The quantitative estimate of drug-likeness (QED) is 0.856. The minimum absolute atomic E-state index is 0.167. The number of ether oxygens (including phenoxy) is 2. The van der Waals surface area contributed by atoms with Crippen molar-refractivity contribution in [2.75, 3.05) is 19.0 Å². The highest BCUT2D eigenvalue weighted by atomic mass is 16.5. The van der Waals surface area contributed by atoms with Gasteiger partial charge < -0.3 is 14.8 Å². The molecule has 2 rings (SSSR count). The predicted molar refractivity (Wildman–Crippen MR) is 83.1 cm³/mol. The van der Waals surface area contributed by atoms with Crippen molar-refractivity contribution in [2.24, 2.45) is 0 Å². The van der Waals surface area contributed by atoms with Crippen molar-refractivity contribution < 1.29 is 23.9 Å². The SMILES string of the molecule is COC(=O)c1cccc(C(=O)OCC(=O)Nc2ccccc2)c1. The third kappa shape index (κ3) is 4.67. The fourth-order valence-electron chi connectivity index (χ4n) is 1.82. The third-order valence-corrected chi connectivity index (χ3v) is 2.91. The molecule has 0 saturated carbocycles. The van der Waals surface area contributed by atoms with Crippen LogP contribution in [0.2, 0.25) is 0 Å². The second-order valence-electron chi connectivity index (χ2n) is 4.56. The zero-order chi connectivity index (χ0) is 16.7. The van der Waals surface area contributed by atoms with Gasteiger partial charge in [0.15, 0.2) is 6.61 Å². The number of rotatable bonds is 5. The first-order valence-electron chi connectivity index (χ1n) is 6.80. The van der Waals surface area contributed by atoms with Crippen molar-refractivity contribution in [3.63, 3.8) is 0 Å². The van der Waals surface area contributed by atoms with E-state index in [0.29, 0.717) is 5.69 Å². The molecule has 2 aromatic rings. The van der Waals surface area contributed by atoms with Crippen LogP contribution in [0, 0.1) is 0 Å². The first-order valence-corrected chi connectivity index (χ1v) is 6.80. The number of carbonyl (C=O) groups is 3. The summed E-state index contributed by atoms with van der Waals surface area (Å²) in [5, 5.41) is 2.60. The Kier molecular flexibility index (Phi) is 5.46. The molecular formula is C17H15NO5. The molecule has 0 aromatic heterocycles. The Morgan fingerprint density at radius 1 is 0.913 bits per heavy atom. The Morgan fingerprint density at radius 3 is 2.22 bits per heavy atom. The van der Waals surface area contributed by atoms with Gasteiger partial charge in [-0.1, -0.05) is 24.3 Å². The van der Waals surface area contributed by atoms with Crippen molar-refractivity contribution in [3.8, 4) is 0 Å². The molecule has 1 amide bonds. The average molecular weight is 313 g/mol. The van der Waals surface area contributed by atoms with E-state index >= 15 is 0 Å². The molecule has 118 valence electrons. The van der Waals surface area contributed by atoms with Gasteiger partial charge in [-0.2, -0.15) is 0 Å². The van der Waals surface area contributed by atoms with Gasteiger partial charge in [-0.05, 0) is 30.3 Å². The Bertz CT molecular complexity index is 712. The largest absolute Gasteiger partial charge is 0.465 e. The number of carbonyl (C=O) groups excluding carboxylic acids is 3. The van der Waals surface area contributed by atoms with Gasteiger partial charge in [-0.3, -0.25) is 4.79 Å². The first-order chi connectivity index (χ1) is 11.1. The Morgan fingerprint density at radius 2 is 1.57 bits per heavy atom. The van der Waals surface area contributed by atoms with Crippen molar-refractivity contribution in [3.05, 3.63) is 65.7 Å². The summed E-state index contributed by atoms with van der Waals surface area (Å²) in [7, 11) is 1.25. The van der Waals surface area contributed by atoms with Crippen LogP contribution in [0.4, 0.5) is 5.69 Å². The zero-order valence-electron chi connectivity index (χ0n) is 12.4. The lowest BCUT2D eigenvalue weighted by Gasteiger charge is -2.07. The lowest BCUT2D eigenvalue weighted by Crippen LogP contribution is -2.21. The topological polar surface area (TPSA) is 81.7 Å². The van der Waals surface area contributed by atoms with Gasteiger partial charge in [0.25, 0.3) is 5.91 Å². The second-order valence-corrected chi connectivity index (χ2v) is 4.56. The van der Waals surface area contributed by atoms with Crippen LogP contribution in [0.15, 0.2) is 54.6 Å². The van der Waals surface area contributed by atoms with Crippen molar-refractivity contribution in [2.45, 2.75) is 0 Å². The number of nitrogens with one attached hydrogen (secondary N) is 1. The molecule has 0 spiro atoms. The predicted octanol–water partition coefficient (Wildman–Crippen LogP) is 2.27. The summed E-state index contributed by atoms with van der Waals surface area (Å²) in [5.41, 5.74) is 1.01. The summed E-state index contributed by atoms with van der Waals surface area (Å²) in [6, 6.07) is 14.7. The molecule has 6 nitrogen and oxygen atoms in total. The molecule has 0 atom stereocenters. The fourth-order valence-corrected chi connectivity index (χ4v) is 1.82. The minimum Gasteiger partial charge on any atom is -0.465 e. The molecule has 0 aliphatic carbocycles. The van der Waals surface area contributed by atoms with Crippen LogP contribution in [-0.2, 0) is 14.3 Å². The van der Waals surface area contributed by atoms with Crippen LogP contribution < -0.4 is 5.32 Å². The van der Waals surface area contributed by atoms with Crippen LogP contribution in [-0.4, -0.2) is 31.6 Å². The van der Waals surface area contributed by atoms with E-state index in [2.05, 4.69) is 10.1 Å². The maximum Gasteiger partial charge on any atom is 0.338 e. The smallest absolute Gasteiger partial charge is 0.338 e. The summed E-state index contributed by atoms with van der Waals surface area (Å²) >= 11 is 0. The van der Waals surface area contributed by atoms with Crippen LogP contribution in [0.3, 0.4) is 0 Å². The Balaban J connectivity index is 1.92. The van der Waals surface area contributed by atoms with Gasteiger partial charge in [-0.15, -0.1) is 0 Å². The van der Waals surface area contributed by atoms with Crippen molar-refractivity contribution >= 4 is 23.5 Å². The van der Waals surface area contributed by atoms with E-state index in [-0.39, 0.29) is 11.1 Å². The van der Waals surface area contributed by atoms with Crippen LogP contribution in [0.1, 0.15) is 20.7 Å². The maximum atomic E-state index is 11.9. The van der Waals surface area contributed by atoms with Gasteiger partial charge in [0.2, 0.25) is 0 Å². The fraction of sp³-hybridized carbons (Fsp3) is 0.118. The van der Waals surface area contributed by atoms with Gasteiger partial charge in [0.1, 0.15) is 0 Å². The minimum atomic E-state index is -0.695. The molecule has 0 heterocycles. The molecule has 2 aromatic carbocycles. The van der Waals surface area contributed by atoms with Gasteiger partial charge in [0, 0.05) is 5.69 Å². The number of amides is 1. The highest BCUT2D eigenvalue weighted by Crippen LogP contribution is 2.09. The van der Waals surface area contributed by atoms with E-state index in [1.54, 1.807) is 24.3 Å². The number of para-hydroxylation sites is 1. The van der Waals surface area contributed by atoms with Gasteiger partial charge >= 0.3 is 11.9 Å². The normalized spacial score (nSPS) is 9.78. The van der Waals surface area contributed by atoms with Crippen LogP contribution in [0.25, 0.3) is 0 Å². The molecule has 0 radical (unpaired) electrons. The lowest BCUT2D eigenvalue weighted by molar-refractivity contribution is -0.119. The molecule has 0 fully saturated rings. The Hall–Kier alpha value is -3.15. The van der Waals surface area contributed by atoms with Crippen LogP contribution in [0.5, 0.6) is 0 Å². The van der Waals surface area contributed by atoms with E-state index in [0.717, 1.165) is 0 Å². The highest BCUT2D eigenvalue weighted by molar-refractivity contribution is 5.97. The number of hydrogen-bond donors (Lipinski definition) is 1. The van der Waals surface area contributed by atoms with Gasteiger partial charge in [0.05, 0.1) is 18.2 Å². The molecule has 23 heavy (non-hydrogen) atoms. The molecule has 0 saturated heterocycles. The first kappa shape index (κ1) is 16.2. The number of hydrogen-bond acceptors (Lipinski definition) is 5. The molecule has 6 heteroatoms. The third-order valence-electron chi connectivity index (χ3n) is 2.91. The summed E-state index contributed by atoms with van der Waals surface area (Å²) in [6.07, 6.45) is 0. The number of methoxy groups -OCH3 is 1. The number of benzene rings is 2. The summed E-state index contributed by atoms with van der Waals surface area (Å²) < 4.78 is 9.51. The highest BCUT2D eigenvalue weighted by Gasteiger charge is 2.13. The maximum absolute atomic E-state index is 11.9. The lowest BCUT2D eigenvalue weighted by atomic mass is 10.1. The van der Waals surface area contributed by atoms with E-state index in [1.807, 2.05) is 6.07 Å². The monoisotopic (exact) mass is 313 g/mol. The molecule has 0 aliphatic heterocycles. The number of anilines is 1. The molecule has 1 N–H and O–H groups in total. The van der Waals surface area contributed by atoms with Crippen LogP contribution >= 0.6 is 0 Å². The van der Waals surface area contributed by atoms with Crippen molar-refractivity contribution in [1.82, 2.24) is 0 Å². The Labute approximate surface area is 133 Å². The van der Waals surface area contributed by atoms with E-state index < -0.39 is 24.5 Å².